The quantitative estimate of drug-likeness (QED) is 0.580. The Bertz CT molecular complexity index is 606. The van der Waals surface area contributed by atoms with Crippen molar-refractivity contribution >= 4 is 17.9 Å². The first-order valence-electron chi connectivity index (χ1n) is 5.56. The van der Waals surface area contributed by atoms with Crippen LogP contribution in [0.1, 0.15) is 15.9 Å². The molecule has 0 fully saturated rings. The van der Waals surface area contributed by atoms with Crippen LogP contribution < -0.4 is 5.43 Å². The molecule has 0 aliphatic rings. The van der Waals surface area contributed by atoms with Gasteiger partial charge in [-0.2, -0.15) is 5.10 Å². The number of rotatable bonds is 4. The Hall–Kier alpha value is -2.82. The summed E-state index contributed by atoms with van der Waals surface area (Å²) in [6.07, 6.45) is 1.58. The third-order valence-corrected chi connectivity index (χ3v) is 2.41. The lowest BCUT2D eigenvalue weighted by molar-refractivity contribution is 0.0697. The molecule has 2 aromatic carbocycles. The van der Waals surface area contributed by atoms with Gasteiger partial charge >= 0.3 is 5.97 Å². The van der Waals surface area contributed by atoms with Gasteiger partial charge in [-0.1, -0.05) is 6.07 Å². The molecule has 2 aromatic rings. The summed E-state index contributed by atoms with van der Waals surface area (Å²) in [5, 5.41) is 22.0. The lowest BCUT2D eigenvalue weighted by atomic mass is 10.2. The van der Waals surface area contributed by atoms with Gasteiger partial charge in [0.05, 0.1) is 17.5 Å². The molecule has 0 saturated heterocycles. The van der Waals surface area contributed by atoms with E-state index in [9.17, 15) is 4.79 Å². The molecule has 96 valence electrons. The van der Waals surface area contributed by atoms with Crippen molar-refractivity contribution in [3.63, 3.8) is 0 Å². The Morgan fingerprint density at radius 1 is 1.16 bits per heavy atom. The summed E-state index contributed by atoms with van der Waals surface area (Å²) in [6, 6.07) is 12.9. The second-order valence-electron chi connectivity index (χ2n) is 3.85. The minimum absolute atomic E-state index is 0.194. The van der Waals surface area contributed by atoms with E-state index in [1.54, 1.807) is 42.6 Å². The highest BCUT2D eigenvalue weighted by Crippen LogP contribution is 2.11. The van der Waals surface area contributed by atoms with Crippen molar-refractivity contribution in [2.75, 3.05) is 5.43 Å². The Balaban J connectivity index is 2.04. The van der Waals surface area contributed by atoms with Crippen molar-refractivity contribution in [3.05, 3.63) is 59.7 Å². The van der Waals surface area contributed by atoms with Crippen LogP contribution in [-0.4, -0.2) is 22.4 Å². The van der Waals surface area contributed by atoms with E-state index < -0.39 is 5.97 Å². The van der Waals surface area contributed by atoms with Crippen molar-refractivity contribution in [1.29, 1.82) is 0 Å². The molecule has 3 N–H and O–H groups in total. The number of hydrogen-bond donors (Lipinski definition) is 3. The third-order valence-electron chi connectivity index (χ3n) is 2.41. The average molecular weight is 256 g/mol. The molecular formula is C14H12N2O3. The number of phenols is 1. The van der Waals surface area contributed by atoms with Gasteiger partial charge in [0.1, 0.15) is 5.75 Å². The highest BCUT2D eigenvalue weighted by molar-refractivity contribution is 5.88. The lowest BCUT2D eigenvalue weighted by Crippen LogP contribution is -1.97. The first kappa shape index (κ1) is 12.6. The maximum Gasteiger partial charge on any atom is 0.335 e. The van der Waals surface area contributed by atoms with Gasteiger partial charge in [-0.25, -0.2) is 4.79 Å². The zero-order chi connectivity index (χ0) is 13.7. The first-order valence-corrected chi connectivity index (χ1v) is 5.56. The van der Waals surface area contributed by atoms with Crippen molar-refractivity contribution in [1.82, 2.24) is 0 Å². The molecule has 0 radical (unpaired) electrons. The molecule has 0 aliphatic carbocycles. The smallest absolute Gasteiger partial charge is 0.335 e. The fourth-order valence-corrected chi connectivity index (χ4v) is 1.46. The number of benzene rings is 2. The van der Waals surface area contributed by atoms with Gasteiger partial charge < -0.3 is 10.2 Å². The van der Waals surface area contributed by atoms with Crippen LogP contribution >= 0.6 is 0 Å². The van der Waals surface area contributed by atoms with Crippen molar-refractivity contribution in [3.8, 4) is 5.75 Å². The summed E-state index contributed by atoms with van der Waals surface area (Å²) < 4.78 is 0. The Labute approximate surface area is 109 Å². The van der Waals surface area contributed by atoms with Gasteiger partial charge in [-0.05, 0) is 48.0 Å². The second kappa shape index (κ2) is 5.68. The van der Waals surface area contributed by atoms with E-state index in [0.717, 1.165) is 5.56 Å². The zero-order valence-electron chi connectivity index (χ0n) is 9.95. The normalized spacial score (nSPS) is 10.5. The molecule has 0 aromatic heterocycles. The molecule has 0 saturated carbocycles. The second-order valence-corrected chi connectivity index (χ2v) is 3.85. The van der Waals surface area contributed by atoms with Crippen LogP contribution in [0.25, 0.3) is 0 Å². The van der Waals surface area contributed by atoms with Crippen LogP contribution in [0, 0.1) is 0 Å². The number of anilines is 1. The first-order chi connectivity index (χ1) is 9.15. The number of carboxylic acids is 1. The molecule has 0 heterocycles. The van der Waals surface area contributed by atoms with Crippen molar-refractivity contribution < 1.29 is 15.0 Å². The number of nitrogens with zero attached hydrogens (tertiary/aromatic N) is 1. The average Bonchev–Trinajstić information content (AvgIpc) is 2.41. The number of carbonyl (C=O) groups is 1. The molecule has 0 spiro atoms. The van der Waals surface area contributed by atoms with E-state index in [1.165, 1.54) is 12.1 Å². The van der Waals surface area contributed by atoms with Crippen LogP contribution in [0.3, 0.4) is 0 Å². The minimum Gasteiger partial charge on any atom is -0.508 e. The molecule has 0 unspecified atom stereocenters. The number of aromatic hydroxyl groups is 1. The largest absolute Gasteiger partial charge is 0.508 e. The maximum atomic E-state index is 10.8. The van der Waals surface area contributed by atoms with Gasteiger partial charge in [0.15, 0.2) is 0 Å². The molecular weight excluding hydrogens is 244 g/mol. The van der Waals surface area contributed by atoms with E-state index >= 15 is 0 Å². The molecule has 0 amide bonds. The molecule has 0 atom stereocenters. The molecule has 0 bridgehead atoms. The summed E-state index contributed by atoms with van der Waals surface area (Å²) >= 11 is 0. The van der Waals surface area contributed by atoms with Gasteiger partial charge in [0, 0.05) is 0 Å². The number of aromatic carboxylic acids is 1. The van der Waals surface area contributed by atoms with Gasteiger partial charge in [0.25, 0.3) is 0 Å². The van der Waals surface area contributed by atoms with Crippen molar-refractivity contribution in [2.24, 2.45) is 5.10 Å². The summed E-state index contributed by atoms with van der Waals surface area (Å²) in [5.74, 6) is -0.787. The molecule has 5 nitrogen and oxygen atoms in total. The number of phenolic OH excluding ortho intramolecular Hbond substituents is 1. The van der Waals surface area contributed by atoms with Crippen LogP contribution in [-0.2, 0) is 0 Å². The summed E-state index contributed by atoms with van der Waals surface area (Å²) in [4.78, 5) is 10.8. The highest BCUT2D eigenvalue weighted by atomic mass is 16.4. The monoisotopic (exact) mass is 256 g/mol. The maximum absolute atomic E-state index is 10.8. The van der Waals surface area contributed by atoms with Gasteiger partial charge in [0.2, 0.25) is 0 Å². The third kappa shape index (κ3) is 3.57. The van der Waals surface area contributed by atoms with Gasteiger partial charge in [-0.15, -0.1) is 0 Å². The SMILES string of the molecule is O=C(O)c1cccc(NN=Cc2ccc(O)cc2)c1. The zero-order valence-corrected chi connectivity index (χ0v) is 9.95. The molecule has 19 heavy (non-hydrogen) atoms. The lowest BCUT2D eigenvalue weighted by Gasteiger charge is -2.01. The van der Waals surface area contributed by atoms with E-state index in [2.05, 4.69) is 10.5 Å². The number of nitrogens with one attached hydrogen (secondary N) is 1. The topological polar surface area (TPSA) is 81.9 Å². The summed E-state index contributed by atoms with van der Waals surface area (Å²) in [7, 11) is 0. The molecule has 0 aliphatic heterocycles. The van der Waals surface area contributed by atoms with Crippen LogP contribution in [0.4, 0.5) is 5.69 Å². The summed E-state index contributed by atoms with van der Waals surface area (Å²) in [6.45, 7) is 0. The van der Waals surface area contributed by atoms with Crippen LogP contribution in [0.15, 0.2) is 53.6 Å². The number of hydrogen-bond acceptors (Lipinski definition) is 4. The Morgan fingerprint density at radius 3 is 2.58 bits per heavy atom. The predicted octanol–water partition coefficient (Wildman–Crippen LogP) is 2.54. The van der Waals surface area contributed by atoms with Crippen molar-refractivity contribution in [2.45, 2.75) is 0 Å². The van der Waals surface area contributed by atoms with E-state index in [0.29, 0.717) is 5.69 Å². The van der Waals surface area contributed by atoms with E-state index in [-0.39, 0.29) is 11.3 Å². The Morgan fingerprint density at radius 2 is 1.89 bits per heavy atom. The fourth-order valence-electron chi connectivity index (χ4n) is 1.46. The van der Waals surface area contributed by atoms with E-state index in [1.807, 2.05) is 0 Å². The Kier molecular flexibility index (Phi) is 3.78. The van der Waals surface area contributed by atoms with Crippen LogP contribution in [0.5, 0.6) is 5.75 Å². The highest BCUT2D eigenvalue weighted by Gasteiger charge is 2.01. The van der Waals surface area contributed by atoms with E-state index in [4.69, 9.17) is 10.2 Å². The van der Waals surface area contributed by atoms with Gasteiger partial charge in [-0.3, -0.25) is 5.43 Å². The molecule has 2 rings (SSSR count). The number of carboxylic acid groups (broad SMARTS) is 1. The number of hydrazone groups is 1. The minimum atomic E-state index is -0.980. The summed E-state index contributed by atoms with van der Waals surface area (Å²) in [5.41, 5.74) is 4.36. The predicted molar refractivity (Wildman–Crippen MR) is 72.7 cm³/mol. The molecule has 5 heteroatoms. The fraction of sp³-hybridized carbons (Fsp3) is 0. The standard InChI is InChI=1S/C14H12N2O3/c17-13-6-4-10(5-7-13)9-15-16-12-3-1-2-11(8-12)14(18)19/h1-9,16-17H,(H,18,19). The van der Waals surface area contributed by atoms with Crippen LogP contribution in [0.2, 0.25) is 0 Å².